The van der Waals surface area contributed by atoms with Crippen LogP contribution in [0.2, 0.25) is 0 Å². The van der Waals surface area contributed by atoms with E-state index in [1.165, 1.54) is 18.6 Å². The van der Waals surface area contributed by atoms with Crippen LogP contribution in [0.15, 0.2) is 24.3 Å². The Balaban J connectivity index is 0.00000208. The Morgan fingerprint density at radius 2 is 1.62 bits per heavy atom. The molecule has 1 saturated heterocycles. The van der Waals surface area contributed by atoms with Gasteiger partial charge in [-0.1, -0.05) is 37.5 Å². The van der Waals surface area contributed by atoms with Gasteiger partial charge in [-0.2, -0.15) is 13.2 Å². The first-order valence-electron chi connectivity index (χ1n) is 8.68. The first-order chi connectivity index (χ1) is 11.1. The van der Waals surface area contributed by atoms with E-state index in [0.717, 1.165) is 51.9 Å². The molecule has 1 atom stereocenters. The van der Waals surface area contributed by atoms with Crippen LogP contribution in [0.25, 0.3) is 0 Å². The van der Waals surface area contributed by atoms with Crippen LogP contribution in [0.3, 0.4) is 0 Å². The minimum absolute atomic E-state index is 0. The molecule has 0 bridgehead atoms. The molecule has 2 aliphatic rings. The summed E-state index contributed by atoms with van der Waals surface area (Å²) in [6, 6.07) is 6.09. The Morgan fingerprint density at radius 3 is 2.25 bits per heavy atom. The summed E-state index contributed by atoms with van der Waals surface area (Å²) in [6.45, 7) is 3.37. The lowest BCUT2D eigenvalue weighted by molar-refractivity contribution is -0.139. The van der Waals surface area contributed by atoms with E-state index in [9.17, 15) is 13.2 Å². The van der Waals surface area contributed by atoms with Crippen molar-refractivity contribution in [3.63, 3.8) is 0 Å². The van der Waals surface area contributed by atoms with Crippen molar-refractivity contribution in [3.05, 3.63) is 35.4 Å². The maximum Gasteiger partial charge on any atom is 0.416 e. The predicted molar refractivity (Wildman–Crippen MR) is 92.5 cm³/mol. The molecule has 136 valence electrons. The van der Waals surface area contributed by atoms with Crippen LogP contribution < -0.4 is 5.32 Å². The third-order valence-electron chi connectivity index (χ3n) is 5.23. The molecule has 0 radical (unpaired) electrons. The summed E-state index contributed by atoms with van der Waals surface area (Å²) >= 11 is 0. The van der Waals surface area contributed by atoms with Gasteiger partial charge in [-0.3, -0.25) is 4.90 Å². The van der Waals surface area contributed by atoms with E-state index in [1.807, 2.05) is 0 Å². The van der Waals surface area contributed by atoms with Crippen LogP contribution in [-0.2, 0) is 6.18 Å². The highest BCUT2D eigenvalue weighted by Gasteiger charge is 2.39. The molecule has 6 heteroatoms. The number of hydrogen-bond acceptors (Lipinski definition) is 2. The first kappa shape index (κ1) is 19.5. The Bertz CT molecular complexity index is 491. The first-order valence-corrected chi connectivity index (χ1v) is 8.68. The Hall–Kier alpha value is -0.780. The van der Waals surface area contributed by atoms with Gasteiger partial charge in [0.2, 0.25) is 0 Å². The van der Waals surface area contributed by atoms with Gasteiger partial charge >= 0.3 is 6.18 Å². The van der Waals surface area contributed by atoms with Gasteiger partial charge < -0.3 is 5.32 Å². The molecule has 3 rings (SSSR count). The monoisotopic (exact) mass is 362 g/mol. The average molecular weight is 363 g/mol. The molecule has 1 saturated carbocycles. The zero-order chi connectivity index (χ0) is 16.3. The molecular formula is C18H26ClF3N2. The zero-order valence-electron chi connectivity index (χ0n) is 13.8. The second-order valence-corrected chi connectivity index (χ2v) is 6.71. The van der Waals surface area contributed by atoms with Gasteiger partial charge in [0.25, 0.3) is 0 Å². The summed E-state index contributed by atoms with van der Waals surface area (Å²) in [5.74, 6) is 0.338. The van der Waals surface area contributed by atoms with Gasteiger partial charge in [0.05, 0.1) is 5.56 Å². The minimum atomic E-state index is -4.28. The molecule has 2 nitrogen and oxygen atoms in total. The molecule has 1 aliphatic heterocycles. The van der Waals surface area contributed by atoms with Crippen LogP contribution in [0.1, 0.15) is 49.3 Å². The van der Waals surface area contributed by atoms with Crippen molar-refractivity contribution in [1.82, 2.24) is 10.2 Å². The standard InChI is InChI=1S/C18H25F3N2.ClH/c19-18(20,21)16-9-5-4-8-15(16)17(14-6-2-1-3-7-14)23-12-10-22-11-13-23;/h4-5,8-9,14,17,22H,1-3,6-7,10-13H2;1H/t17-;/m1./s1. The molecule has 2 fully saturated rings. The third kappa shape index (κ3) is 4.44. The number of nitrogens with zero attached hydrogens (tertiary/aromatic N) is 1. The van der Waals surface area contributed by atoms with Crippen LogP contribution in [0.5, 0.6) is 0 Å². The summed E-state index contributed by atoms with van der Waals surface area (Å²) in [5.41, 5.74) is 0.0305. The molecule has 1 N–H and O–H groups in total. The lowest BCUT2D eigenvalue weighted by Crippen LogP contribution is -2.47. The summed E-state index contributed by atoms with van der Waals surface area (Å²) in [7, 11) is 0. The van der Waals surface area contributed by atoms with E-state index < -0.39 is 11.7 Å². The number of nitrogens with one attached hydrogen (secondary N) is 1. The fraction of sp³-hybridized carbons (Fsp3) is 0.667. The summed E-state index contributed by atoms with van der Waals surface area (Å²) < 4.78 is 40.5. The fourth-order valence-corrected chi connectivity index (χ4v) is 4.17. The Morgan fingerprint density at radius 1 is 1.00 bits per heavy atom. The van der Waals surface area contributed by atoms with Crippen LogP contribution in [-0.4, -0.2) is 31.1 Å². The van der Waals surface area contributed by atoms with E-state index in [-0.39, 0.29) is 18.4 Å². The van der Waals surface area contributed by atoms with Gasteiger partial charge in [-0.25, -0.2) is 0 Å². The normalized spacial score (nSPS) is 22.0. The van der Waals surface area contributed by atoms with Gasteiger partial charge in [-0.05, 0) is 30.4 Å². The number of hydrogen-bond donors (Lipinski definition) is 1. The molecule has 0 unspecified atom stereocenters. The molecule has 1 aromatic carbocycles. The lowest BCUT2D eigenvalue weighted by Gasteiger charge is -2.42. The molecule has 24 heavy (non-hydrogen) atoms. The largest absolute Gasteiger partial charge is 0.416 e. The van der Waals surface area contributed by atoms with Crippen LogP contribution in [0, 0.1) is 5.92 Å². The highest BCUT2D eigenvalue weighted by Crippen LogP contribution is 2.43. The van der Waals surface area contributed by atoms with Crippen molar-refractivity contribution < 1.29 is 13.2 Å². The number of halogens is 4. The number of alkyl halides is 3. The lowest BCUT2D eigenvalue weighted by atomic mass is 9.79. The van der Waals surface area contributed by atoms with Crippen molar-refractivity contribution in [3.8, 4) is 0 Å². The van der Waals surface area contributed by atoms with E-state index >= 15 is 0 Å². The molecule has 0 aromatic heterocycles. The molecule has 0 spiro atoms. The van der Waals surface area contributed by atoms with Crippen LogP contribution >= 0.6 is 12.4 Å². The minimum Gasteiger partial charge on any atom is -0.314 e. The van der Waals surface area contributed by atoms with Gasteiger partial charge in [-0.15, -0.1) is 12.4 Å². The zero-order valence-corrected chi connectivity index (χ0v) is 14.6. The van der Waals surface area contributed by atoms with E-state index in [1.54, 1.807) is 12.1 Å². The molecule has 1 heterocycles. The van der Waals surface area contributed by atoms with E-state index in [0.29, 0.717) is 11.5 Å². The SMILES string of the molecule is Cl.FC(F)(F)c1ccccc1[C@@H](C1CCCCC1)N1CCNCC1. The van der Waals surface area contributed by atoms with Crippen molar-refractivity contribution in [2.75, 3.05) is 26.2 Å². The van der Waals surface area contributed by atoms with E-state index in [4.69, 9.17) is 0 Å². The maximum absolute atomic E-state index is 13.5. The summed E-state index contributed by atoms with van der Waals surface area (Å²) in [4.78, 5) is 2.27. The highest BCUT2D eigenvalue weighted by molar-refractivity contribution is 5.85. The van der Waals surface area contributed by atoms with Gasteiger partial charge in [0.1, 0.15) is 0 Å². The van der Waals surface area contributed by atoms with Crippen LogP contribution in [0.4, 0.5) is 13.2 Å². The van der Waals surface area contributed by atoms with Crippen molar-refractivity contribution in [2.45, 2.75) is 44.3 Å². The maximum atomic E-state index is 13.5. The van der Waals surface area contributed by atoms with Crippen molar-refractivity contribution >= 4 is 12.4 Å². The number of benzene rings is 1. The third-order valence-corrected chi connectivity index (χ3v) is 5.23. The fourth-order valence-electron chi connectivity index (χ4n) is 4.17. The second kappa shape index (κ2) is 8.54. The smallest absolute Gasteiger partial charge is 0.314 e. The molecule has 1 aliphatic carbocycles. The van der Waals surface area contributed by atoms with Gasteiger partial charge in [0, 0.05) is 32.2 Å². The van der Waals surface area contributed by atoms with E-state index in [2.05, 4.69) is 10.2 Å². The summed E-state index contributed by atoms with van der Waals surface area (Å²) in [5, 5.41) is 3.30. The molecule has 1 aromatic rings. The second-order valence-electron chi connectivity index (χ2n) is 6.71. The molecular weight excluding hydrogens is 337 g/mol. The number of piperazine rings is 1. The highest BCUT2D eigenvalue weighted by atomic mass is 35.5. The Labute approximate surface area is 148 Å². The quantitative estimate of drug-likeness (QED) is 0.841. The van der Waals surface area contributed by atoms with Gasteiger partial charge in [0.15, 0.2) is 0 Å². The van der Waals surface area contributed by atoms with Crippen molar-refractivity contribution in [1.29, 1.82) is 0 Å². The molecule has 0 amide bonds. The topological polar surface area (TPSA) is 15.3 Å². The average Bonchev–Trinajstić information content (AvgIpc) is 2.57. The number of rotatable bonds is 3. The summed E-state index contributed by atoms with van der Waals surface area (Å²) in [6.07, 6.45) is 1.30. The predicted octanol–water partition coefficient (Wildman–Crippen LogP) is 4.65. The van der Waals surface area contributed by atoms with Crippen molar-refractivity contribution in [2.24, 2.45) is 5.92 Å². The Kier molecular flexibility index (Phi) is 6.96.